The van der Waals surface area contributed by atoms with Gasteiger partial charge in [0.05, 0.1) is 18.4 Å². The summed E-state index contributed by atoms with van der Waals surface area (Å²) < 4.78 is 19.5. The molecule has 0 saturated heterocycles. The molecule has 2 aromatic carbocycles. The van der Waals surface area contributed by atoms with E-state index in [1.54, 1.807) is 29.4 Å². The van der Waals surface area contributed by atoms with Gasteiger partial charge in [0.25, 0.3) is 5.91 Å². The van der Waals surface area contributed by atoms with E-state index in [0.717, 1.165) is 5.56 Å². The third-order valence-corrected chi connectivity index (χ3v) is 4.86. The number of benzene rings is 2. The van der Waals surface area contributed by atoms with Gasteiger partial charge in [-0.15, -0.1) is 6.58 Å². The zero-order chi connectivity index (χ0) is 22.1. The van der Waals surface area contributed by atoms with Gasteiger partial charge in [-0.1, -0.05) is 48.5 Å². The Kier molecular flexibility index (Phi) is 7.76. The summed E-state index contributed by atoms with van der Waals surface area (Å²) in [5.74, 6) is -0.770. The molecule has 1 aromatic heterocycles. The summed E-state index contributed by atoms with van der Waals surface area (Å²) in [7, 11) is 0. The van der Waals surface area contributed by atoms with Gasteiger partial charge in [-0.3, -0.25) is 9.59 Å². The topological polar surface area (TPSA) is 53.8 Å². The molecule has 31 heavy (non-hydrogen) atoms. The average Bonchev–Trinajstić information content (AvgIpc) is 3.30. The Hall–Kier alpha value is -3.67. The second-order valence-electron chi connectivity index (χ2n) is 7.08. The predicted octanol–water partition coefficient (Wildman–Crippen LogP) is 4.32. The van der Waals surface area contributed by atoms with Crippen LogP contribution in [-0.2, 0) is 17.8 Å². The fourth-order valence-electron chi connectivity index (χ4n) is 3.23. The van der Waals surface area contributed by atoms with E-state index < -0.39 is 11.7 Å². The molecule has 1 heterocycles. The van der Waals surface area contributed by atoms with Crippen LogP contribution in [0.1, 0.15) is 21.7 Å². The van der Waals surface area contributed by atoms with Crippen molar-refractivity contribution in [2.24, 2.45) is 0 Å². The number of hydrogen-bond acceptors (Lipinski definition) is 3. The average molecular weight is 420 g/mol. The third-order valence-electron chi connectivity index (χ3n) is 4.86. The zero-order valence-corrected chi connectivity index (χ0v) is 17.2. The fourth-order valence-corrected chi connectivity index (χ4v) is 3.23. The summed E-state index contributed by atoms with van der Waals surface area (Å²) in [4.78, 5) is 29.0. The first-order valence-corrected chi connectivity index (χ1v) is 10.1. The van der Waals surface area contributed by atoms with Crippen LogP contribution in [0, 0.1) is 5.82 Å². The second kappa shape index (κ2) is 10.9. The lowest BCUT2D eigenvalue weighted by molar-refractivity contribution is -0.132. The summed E-state index contributed by atoms with van der Waals surface area (Å²) in [6.45, 7) is 4.35. The lowest BCUT2D eigenvalue weighted by Gasteiger charge is -2.27. The predicted molar refractivity (Wildman–Crippen MR) is 117 cm³/mol. The maximum Gasteiger partial charge on any atom is 0.257 e. The minimum atomic E-state index is -0.620. The number of amides is 2. The van der Waals surface area contributed by atoms with Crippen LogP contribution in [0.4, 0.5) is 4.39 Å². The molecule has 0 aliphatic rings. The molecule has 0 aliphatic carbocycles. The molecule has 0 N–H and O–H groups in total. The number of rotatable bonds is 10. The van der Waals surface area contributed by atoms with E-state index in [-0.39, 0.29) is 31.1 Å². The third kappa shape index (κ3) is 6.15. The van der Waals surface area contributed by atoms with Crippen LogP contribution in [-0.4, -0.2) is 41.2 Å². The Morgan fingerprint density at radius 2 is 1.71 bits per heavy atom. The van der Waals surface area contributed by atoms with Crippen molar-refractivity contribution in [2.75, 3.05) is 19.6 Å². The van der Waals surface area contributed by atoms with Crippen molar-refractivity contribution in [2.45, 2.75) is 13.0 Å². The lowest BCUT2D eigenvalue weighted by Crippen LogP contribution is -2.43. The van der Waals surface area contributed by atoms with E-state index in [1.807, 2.05) is 30.3 Å². The summed E-state index contributed by atoms with van der Waals surface area (Å²) in [6.07, 6.45) is 3.74. The first-order valence-electron chi connectivity index (χ1n) is 10.1. The van der Waals surface area contributed by atoms with Gasteiger partial charge < -0.3 is 14.2 Å². The standard InChI is InChI=1S/C25H25FN2O3/c1-2-15-28(25(30)22-12-6-7-13-23(22)26)19-24(29)27(18-21-11-8-17-31-21)16-14-20-9-4-3-5-10-20/h2-13,17H,1,14-16,18-19H2. The first-order chi connectivity index (χ1) is 15.1. The molecule has 0 atom stereocenters. The molecule has 0 radical (unpaired) electrons. The van der Waals surface area contributed by atoms with Gasteiger partial charge in [0, 0.05) is 13.1 Å². The maximum atomic E-state index is 14.1. The SMILES string of the molecule is C=CCN(CC(=O)N(CCc1ccccc1)Cc1ccco1)C(=O)c1ccccc1F. The van der Waals surface area contributed by atoms with E-state index in [4.69, 9.17) is 4.42 Å². The number of carbonyl (C=O) groups is 2. The molecule has 5 nitrogen and oxygen atoms in total. The molecular formula is C25H25FN2O3. The van der Waals surface area contributed by atoms with Gasteiger partial charge in [-0.05, 0) is 36.2 Å². The van der Waals surface area contributed by atoms with Crippen LogP contribution >= 0.6 is 0 Å². The summed E-state index contributed by atoms with van der Waals surface area (Å²) in [6, 6.07) is 19.2. The molecule has 0 aliphatic heterocycles. The minimum Gasteiger partial charge on any atom is -0.467 e. The second-order valence-corrected chi connectivity index (χ2v) is 7.08. The Balaban J connectivity index is 1.75. The largest absolute Gasteiger partial charge is 0.467 e. The van der Waals surface area contributed by atoms with Gasteiger partial charge in [0.1, 0.15) is 18.1 Å². The van der Waals surface area contributed by atoms with Gasteiger partial charge in [0.2, 0.25) is 5.91 Å². The Morgan fingerprint density at radius 3 is 2.39 bits per heavy atom. The number of nitrogens with zero attached hydrogens (tertiary/aromatic N) is 2. The molecule has 0 saturated carbocycles. The molecule has 2 amide bonds. The number of hydrogen-bond donors (Lipinski definition) is 0. The van der Waals surface area contributed by atoms with Gasteiger partial charge >= 0.3 is 0 Å². The van der Waals surface area contributed by atoms with Crippen molar-refractivity contribution in [3.05, 3.63) is 108 Å². The number of halogens is 1. The van der Waals surface area contributed by atoms with Gasteiger partial charge in [-0.2, -0.15) is 0 Å². The van der Waals surface area contributed by atoms with Crippen LogP contribution in [0.2, 0.25) is 0 Å². The van der Waals surface area contributed by atoms with E-state index in [1.165, 1.54) is 29.2 Å². The van der Waals surface area contributed by atoms with E-state index in [0.29, 0.717) is 18.7 Å². The van der Waals surface area contributed by atoms with Crippen molar-refractivity contribution in [1.82, 2.24) is 9.80 Å². The van der Waals surface area contributed by atoms with Crippen LogP contribution in [0.3, 0.4) is 0 Å². The smallest absolute Gasteiger partial charge is 0.257 e. The fraction of sp³-hybridized carbons (Fsp3) is 0.200. The molecule has 0 spiro atoms. The van der Waals surface area contributed by atoms with Crippen LogP contribution in [0.5, 0.6) is 0 Å². The summed E-state index contributed by atoms with van der Waals surface area (Å²) >= 11 is 0. The molecule has 3 rings (SSSR count). The van der Waals surface area contributed by atoms with Crippen molar-refractivity contribution < 1.29 is 18.4 Å². The summed E-state index contributed by atoms with van der Waals surface area (Å²) in [5, 5.41) is 0. The number of carbonyl (C=O) groups excluding carboxylic acids is 2. The highest BCUT2D eigenvalue weighted by molar-refractivity contribution is 5.96. The zero-order valence-electron chi connectivity index (χ0n) is 17.2. The first kappa shape index (κ1) is 22.0. The minimum absolute atomic E-state index is 0.0704. The molecular weight excluding hydrogens is 395 g/mol. The van der Waals surface area contributed by atoms with Gasteiger partial charge in [0.15, 0.2) is 0 Å². The summed E-state index contributed by atoms with van der Waals surface area (Å²) in [5.41, 5.74) is 1.03. The van der Waals surface area contributed by atoms with Crippen LogP contribution in [0.25, 0.3) is 0 Å². The van der Waals surface area contributed by atoms with E-state index in [9.17, 15) is 14.0 Å². The Labute approximate surface area is 181 Å². The molecule has 3 aromatic rings. The highest BCUT2D eigenvalue weighted by Crippen LogP contribution is 2.13. The monoisotopic (exact) mass is 420 g/mol. The molecule has 160 valence electrons. The maximum absolute atomic E-state index is 14.1. The van der Waals surface area contributed by atoms with Crippen molar-refractivity contribution in [3.63, 3.8) is 0 Å². The normalized spacial score (nSPS) is 10.5. The van der Waals surface area contributed by atoms with Gasteiger partial charge in [-0.25, -0.2) is 4.39 Å². The highest BCUT2D eigenvalue weighted by Gasteiger charge is 2.24. The van der Waals surface area contributed by atoms with Crippen molar-refractivity contribution in [3.8, 4) is 0 Å². The van der Waals surface area contributed by atoms with E-state index >= 15 is 0 Å². The Bertz CT molecular complexity index is 1000. The quantitative estimate of drug-likeness (QED) is 0.459. The van der Waals surface area contributed by atoms with Crippen molar-refractivity contribution in [1.29, 1.82) is 0 Å². The van der Waals surface area contributed by atoms with Crippen LogP contribution < -0.4 is 0 Å². The van der Waals surface area contributed by atoms with Crippen molar-refractivity contribution >= 4 is 11.8 Å². The number of furan rings is 1. The molecule has 6 heteroatoms. The lowest BCUT2D eigenvalue weighted by atomic mass is 10.1. The van der Waals surface area contributed by atoms with E-state index in [2.05, 4.69) is 6.58 Å². The molecule has 0 unspecified atom stereocenters. The van der Waals surface area contributed by atoms with Crippen LogP contribution in [0.15, 0.2) is 90.1 Å². The molecule has 0 bridgehead atoms. The molecule has 0 fully saturated rings. The highest BCUT2D eigenvalue weighted by atomic mass is 19.1. The Morgan fingerprint density at radius 1 is 0.968 bits per heavy atom.